The van der Waals surface area contributed by atoms with Crippen molar-refractivity contribution in [1.82, 2.24) is 0 Å². The van der Waals surface area contributed by atoms with E-state index in [1.165, 1.54) is 14.2 Å². The Morgan fingerprint density at radius 1 is 0.944 bits per heavy atom. The van der Waals surface area contributed by atoms with Crippen LogP contribution in [0, 0.1) is 0 Å². The fraction of sp³-hybridized carbons (Fsp3) is 0.364. The van der Waals surface area contributed by atoms with Crippen molar-refractivity contribution in [3.8, 4) is 0 Å². The lowest BCUT2D eigenvalue weighted by Gasteiger charge is -2.16. The minimum Gasteiger partial charge on any atom is -0.466 e. The van der Waals surface area contributed by atoms with E-state index < -0.39 is 11.9 Å². The Kier molecular flexibility index (Phi) is 3.63. The fourth-order valence-corrected chi connectivity index (χ4v) is 4.00. The van der Waals surface area contributed by atoms with Gasteiger partial charge in [0.05, 0.1) is 25.4 Å². The number of hydrogen-bond acceptors (Lipinski definition) is 7. The van der Waals surface area contributed by atoms with Crippen LogP contribution < -0.4 is 4.06 Å². The summed E-state index contributed by atoms with van der Waals surface area (Å²) in [7, 11) is 2.52. The summed E-state index contributed by atoms with van der Waals surface area (Å²) in [6.45, 7) is 0. The molecule has 2 rings (SSSR count). The van der Waals surface area contributed by atoms with Crippen LogP contribution in [0.15, 0.2) is 15.9 Å². The molecule has 0 fully saturated rings. The average Bonchev–Trinajstić information content (AvgIpc) is 2.74. The number of methoxy groups -OCH3 is 2. The SMILES string of the molecule is COC(=O)C1=C(C(=O)OC)Cc2sc(=O)sc2C1. The van der Waals surface area contributed by atoms with Crippen LogP contribution in [0.1, 0.15) is 9.75 Å². The van der Waals surface area contributed by atoms with E-state index in [0.717, 1.165) is 32.4 Å². The smallest absolute Gasteiger partial charge is 0.334 e. The van der Waals surface area contributed by atoms with E-state index in [0.29, 0.717) is 0 Å². The zero-order valence-corrected chi connectivity index (χ0v) is 11.4. The first kappa shape index (κ1) is 13.0. The zero-order chi connectivity index (χ0) is 13.3. The maximum Gasteiger partial charge on any atom is 0.334 e. The topological polar surface area (TPSA) is 69.7 Å². The van der Waals surface area contributed by atoms with Crippen LogP contribution in [-0.2, 0) is 31.9 Å². The van der Waals surface area contributed by atoms with E-state index in [9.17, 15) is 14.4 Å². The maximum absolute atomic E-state index is 11.7. The van der Waals surface area contributed by atoms with Crippen molar-refractivity contribution < 1.29 is 19.1 Å². The van der Waals surface area contributed by atoms with Crippen LogP contribution in [0.5, 0.6) is 0 Å². The summed E-state index contributed by atoms with van der Waals surface area (Å²) in [6.07, 6.45) is 0.520. The molecule has 0 aliphatic heterocycles. The van der Waals surface area contributed by atoms with Crippen molar-refractivity contribution >= 4 is 34.6 Å². The molecular formula is C11H10O5S2. The molecule has 0 spiro atoms. The molecule has 0 saturated heterocycles. The molecular weight excluding hydrogens is 276 g/mol. The molecule has 1 heterocycles. The van der Waals surface area contributed by atoms with Gasteiger partial charge in [-0.1, -0.05) is 22.7 Å². The van der Waals surface area contributed by atoms with Crippen LogP contribution in [0.4, 0.5) is 0 Å². The minimum atomic E-state index is -0.549. The Labute approximate surface area is 111 Å². The highest BCUT2D eigenvalue weighted by atomic mass is 32.2. The van der Waals surface area contributed by atoms with Crippen LogP contribution in [-0.4, -0.2) is 26.2 Å². The lowest BCUT2D eigenvalue weighted by molar-refractivity contribution is -0.139. The molecule has 1 aliphatic rings. The predicted octanol–water partition coefficient (Wildman–Crippen LogP) is 0.911. The number of hydrogen-bond donors (Lipinski definition) is 0. The molecule has 0 saturated carbocycles. The molecule has 0 atom stereocenters. The molecule has 18 heavy (non-hydrogen) atoms. The molecule has 96 valence electrons. The predicted molar refractivity (Wildman–Crippen MR) is 66.9 cm³/mol. The van der Waals surface area contributed by atoms with Gasteiger partial charge in [-0.05, 0) is 0 Å². The van der Waals surface area contributed by atoms with Crippen molar-refractivity contribution in [1.29, 1.82) is 0 Å². The quantitative estimate of drug-likeness (QED) is 0.756. The van der Waals surface area contributed by atoms with Crippen molar-refractivity contribution in [2.24, 2.45) is 0 Å². The average molecular weight is 286 g/mol. The summed E-state index contributed by atoms with van der Waals surface area (Å²) < 4.78 is 9.29. The summed E-state index contributed by atoms with van der Waals surface area (Å²) in [4.78, 5) is 36.3. The highest BCUT2D eigenvalue weighted by Gasteiger charge is 2.30. The Balaban J connectivity index is 2.47. The van der Waals surface area contributed by atoms with Gasteiger partial charge >= 0.3 is 11.9 Å². The Bertz CT molecular complexity index is 544. The van der Waals surface area contributed by atoms with E-state index >= 15 is 0 Å². The maximum atomic E-state index is 11.7. The third-order valence-electron chi connectivity index (χ3n) is 2.63. The van der Waals surface area contributed by atoms with E-state index in [1.54, 1.807) is 0 Å². The second kappa shape index (κ2) is 5.03. The van der Waals surface area contributed by atoms with Gasteiger partial charge in [-0.3, -0.25) is 4.79 Å². The summed E-state index contributed by atoms with van der Waals surface area (Å²) in [5.41, 5.74) is 0.566. The van der Waals surface area contributed by atoms with E-state index in [1.807, 2.05) is 0 Å². The summed E-state index contributed by atoms with van der Waals surface area (Å²) in [6, 6.07) is 0. The number of rotatable bonds is 2. The minimum absolute atomic E-state index is 0.0321. The lowest BCUT2D eigenvalue weighted by atomic mass is 9.95. The van der Waals surface area contributed by atoms with Gasteiger partial charge in [0.25, 0.3) is 4.06 Å². The molecule has 0 N–H and O–H groups in total. The molecule has 1 aliphatic carbocycles. The number of fused-ring (bicyclic) bond motifs is 1. The Hall–Kier alpha value is -1.47. The van der Waals surface area contributed by atoms with E-state index in [2.05, 4.69) is 9.47 Å². The molecule has 1 aromatic rings. The molecule has 0 amide bonds. The highest BCUT2D eigenvalue weighted by Crippen LogP contribution is 2.31. The number of carbonyl (C=O) groups is 2. The van der Waals surface area contributed by atoms with Gasteiger partial charge in [-0.25, -0.2) is 9.59 Å². The second-order valence-corrected chi connectivity index (χ2v) is 5.99. The van der Waals surface area contributed by atoms with Gasteiger partial charge < -0.3 is 9.47 Å². The standard InChI is InChI=1S/C11H10O5S2/c1-15-9(12)5-3-7-8(18-11(14)17-7)4-6(5)10(13)16-2/h3-4H2,1-2H3. The number of esters is 2. The normalized spacial score (nSPS) is 14.1. The van der Waals surface area contributed by atoms with Gasteiger partial charge in [0, 0.05) is 22.6 Å². The van der Waals surface area contributed by atoms with Crippen molar-refractivity contribution in [3.63, 3.8) is 0 Å². The van der Waals surface area contributed by atoms with Gasteiger partial charge in [-0.15, -0.1) is 0 Å². The summed E-state index contributed by atoms with van der Waals surface area (Å²) in [5.74, 6) is -1.10. The highest BCUT2D eigenvalue weighted by molar-refractivity contribution is 7.27. The van der Waals surface area contributed by atoms with Gasteiger partial charge in [0.2, 0.25) is 0 Å². The molecule has 0 unspecified atom stereocenters. The first-order valence-corrected chi connectivity index (χ1v) is 6.70. The van der Waals surface area contributed by atoms with E-state index in [-0.39, 0.29) is 28.0 Å². The molecule has 0 aromatic carbocycles. The molecule has 0 radical (unpaired) electrons. The first-order chi connectivity index (χ1) is 8.56. The van der Waals surface area contributed by atoms with Gasteiger partial charge in [-0.2, -0.15) is 0 Å². The largest absolute Gasteiger partial charge is 0.466 e. The molecule has 1 aromatic heterocycles. The third-order valence-corrected chi connectivity index (χ3v) is 4.86. The monoisotopic (exact) mass is 286 g/mol. The van der Waals surface area contributed by atoms with Crippen LogP contribution in [0.2, 0.25) is 0 Å². The number of carbonyl (C=O) groups excluding carboxylic acids is 2. The Morgan fingerprint density at radius 3 is 1.67 bits per heavy atom. The fourth-order valence-electron chi connectivity index (χ4n) is 1.78. The summed E-state index contributed by atoms with van der Waals surface area (Å²) >= 11 is 2.22. The zero-order valence-electron chi connectivity index (χ0n) is 9.77. The Morgan fingerprint density at radius 2 is 1.33 bits per heavy atom. The van der Waals surface area contributed by atoms with Crippen LogP contribution >= 0.6 is 22.7 Å². The summed E-state index contributed by atoms with van der Waals surface area (Å²) in [5, 5.41) is 0. The lowest BCUT2D eigenvalue weighted by Crippen LogP contribution is -2.21. The van der Waals surface area contributed by atoms with Crippen LogP contribution in [0.25, 0.3) is 0 Å². The second-order valence-electron chi connectivity index (χ2n) is 3.59. The van der Waals surface area contributed by atoms with Gasteiger partial charge in [0.15, 0.2) is 0 Å². The van der Waals surface area contributed by atoms with Crippen LogP contribution in [0.3, 0.4) is 0 Å². The third kappa shape index (κ3) is 2.23. The molecule has 5 nitrogen and oxygen atoms in total. The van der Waals surface area contributed by atoms with Crippen molar-refractivity contribution in [3.05, 3.63) is 29.8 Å². The first-order valence-electron chi connectivity index (χ1n) is 5.07. The van der Waals surface area contributed by atoms with E-state index in [4.69, 9.17) is 0 Å². The van der Waals surface area contributed by atoms with Crippen molar-refractivity contribution in [2.45, 2.75) is 12.8 Å². The molecule has 7 heteroatoms. The van der Waals surface area contributed by atoms with Crippen molar-refractivity contribution in [2.75, 3.05) is 14.2 Å². The van der Waals surface area contributed by atoms with Gasteiger partial charge in [0.1, 0.15) is 0 Å². The number of ether oxygens (including phenoxy) is 2. The molecule has 0 bridgehead atoms.